The summed E-state index contributed by atoms with van der Waals surface area (Å²) in [7, 11) is 0. The van der Waals surface area contributed by atoms with Crippen molar-refractivity contribution in [3.05, 3.63) is 38.6 Å². The number of aromatic nitrogens is 1. The van der Waals surface area contributed by atoms with E-state index in [0.29, 0.717) is 4.47 Å². The second kappa shape index (κ2) is 3.87. The molecule has 0 saturated heterocycles. The van der Waals surface area contributed by atoms with Gasteiger partial charge in [0.1, 0.15) is 11.3 Å². The minimum atomic E-state index is 0.525. The molecule has 3 aromatic rings. The molecule has 2 aromatic heterocycles. The predicted molar refractivity (Wildman–Crippen MR) is 70.0 cm³/mol. The Morgan fingerprint density at radius 2 is 2.19 bits per heavy atom. The van der Waals surface area contributed by atoms with Gasteiger partial charge in [-0.15, -0.1) is 11.3 Å². The van der Waals surface area contributed by atoms with E-state index in [9.17, 15) is 0 Å². The highest BCUT2D eigenvalue weighted by molar-refractivity contribution is 9.10. The van der Waals surface area contributed by atoms with Crippen LogP contribution in [0.4, 0.5) is 0 Å². The van der Waals surface area contributed by atoms with Crippen molar-refractivity contribution in [2.75, 3.05) is 0 Å². The first kappa shape index (κ1) is 10.3. The highest BCUT2D eigenvalue weighted by Gasteiger charge is 2.09. The molecule has 0 spiro atoms. The Kier molecular flexibility index (Phi) is 2.50. The van der Waals surface area contributed by atoms with E-state index in [1.807, 2.05) is 29.6 Å². The van der Waals surface area contributed by atoms with Crippen LogP contribution in [0.25, 0.3) is 22.4 Å². The van der Waals surface area contributed by atoms with Crippen LogP contribution in [0.5, 0.6) is 0 Å². The molecule has 3 rings (SSSR count). The number of rotatable bonds is 1. The number of halogens is 2. The zero-order chi connectivity index (χ0) is 11.1. The van der Waals surface area contributed by atoms with E-state index in [2.05, 4.69) is 20.9 Å². The lowest BCUT2D eigenvalue weighted by atomic mass is 10.2. The van der Waals surface area contributed by atoms with E-state index in [4.69, 9.17) is 16.0 Å². The molecule has 0 aliphatic rings. The molecule has 0 aliphatic heterocycles. The van der Waals surface area contributed by atoms with E-state index < -0.39 is 0 Å². The largest absolute Gasteiger partial charge is 0.454 e. The second-order valence-electron chi connectivity index (χ2n) is 3.28. The van der Waals surface area contributed by atoms with Gasteiger partial charge in [0.2, 0.25) is 0 Å². The first-order valence-electron chi connectivity index (χ1n) is 4.53. The molecule has 0 unspecified atom stereocenters. The molecule has 0 bridgehead atoms. The van der Waals surface area contributed by atoms with Gasteiger partial charge in [0, 0.05) is 15.2 Å². The quantitative estimate of drug-likeness (QED) is 0.633. The van der Waals surface area contributed by atoms with Gasteiger partial charge in [-0.1, -0.05) is 27.5 Å². The van der Waals surface area contributed by atoms with Crippen molar-refractivity contribution in [1.29, 1.82) is 0 Å². The third kappa shape index (κ3) is 1.77. The van der Waals surface area contributed by atoms with Crippen molar-refractivity contribution in [2.24, 2.45) is 0 Å². The minimum Gasteiger partial charge on any atom is -0.454 e. The fourth-order valence-electron chi connectivity index (χ4n) is 1.51. The third-order valence-corrected chi connectivity index (χ3v) is 3.68. The van der Waals surface area contributed by atoms with Crippen LogP contribution in [0, 0.1) is 0 Å². The summed E-state index contributed by atoms with van der Waals surface area (Å²) in [6.07, 6.45) is 0. The molecule has 0 fully saturated rings. The van der Waals surface area contributed by atoms with Crippen molar-refractivity contribution >= 4 is 49.8 Å². The molecule has 0 amide bonds. The first-order valence-corrected chi connectivity index (χ1v) is 6.58. The molecule has 5 heteroatoms. The predicted octanol–water partition coefficient (Wildman–Crippen LogP) is 4.97. The maximum Gasteiger partial charge on any atom is 0.184 e. The number of furan rings is 1. The van der Waals surface area contributed by atoms with Gasteiger partial charge >= 0.3 is 0 Å². The molecular weight excluding hydrogens is 310 g/mol. The number of nitrogens with zero attached hydrogens (tertiary/aromatic N) is 1. The van der Waals surface area contributed by atoms with Gasteiger partial charge in [-0.3, -0.25) is 0 Å². The SMILES string of the molecule is Clc1nc(-c2cc3cc(Br)ccc3o2)cs1. The van der Waals surface area contributed by atoms with Crippen LogP contribution in [0.15, 0.2) is 38.5 Å². The van der Waals surface area contributed by atoms with E-state index in [1.54, 1.807) is 0 Å². The minimum absolute atomic E-state index is 0.525. The lowest BCUT2D eigenvalue weighted by Gasteiger charge is -1.88. The summed E-state index contributed by atoms with van der Waals surface area (Å²) in [5, 5.41) is 2.93. The van der Waals surface area contributed by atoms with Crippen molar-refractivity contribution in [2.45, 2.75) is 0 Å². The standard InChI is InChI=1S/C11H5BrClNOS/c12-7-1-2-9-6(3-7)4-10(15-9)8-5-16-11(13)14-8/h1-5H. The van der Waals surface area contributed by atoms with Crippen LogP contribution in [-0.4, -0.2) is 4.98 Å². The molecule has 0 saturated carbocycles. The highest BCUT2D eigenvalue weighted by atomic mass is 79.9. The Bertz CT molecular complexity index is 661. The Balaban J connectivity index is 2.18. The second-order valence-corrected chi connectivity index (χ2v) is 5.63. The monoisotopic (exact) mass is 313 g/mol. The van der Waals surface area contributed by atoms with Gasteiger partial charge in [-0.25, -0.2) is 4.98 Å². The summed E-state index contributed by atoms with van der Waals surface area (Å²) in [6, 6.07) is 7.85. The number of benzene rings is 1. The van der Waals surface area contributed by atoms with Gasteiger partial charge < -0.3 is 4.42 Å². The highest BCUT2D eigenvalue weighted by Crippen LogP contribution is 2.31. The molecule has 0 aliphatic carbocycles. The summed E-state index contributed by atoms with van der Waals surface area (Å²) in [5.41, 5.74) is 1.63. The molecule has 0 N–H and O–H groups in total. The van der Waals surface area contributed by atoms with Gasteiger partial charge in [0.15, 0.2) is 10.2 Å². The van der Waals surface area contributed by atoms with Crippen molar-refractivity contribution < 1.29 is 4.42 Å². The third-order valence-electron chi connectivity index (χ3n) is 2.21. The smallest absolute Gasteiger partial charge is 0.184 e. The van der Waals surface area contributed by atoms with E-state index in [-0.39, 0.29) is 0 Å². The van der Waals surface area contributed by atoms with Crippen LogP contribution in [0.1, 0.15) is 0 Å². The molecule has 1 aromatic carbocycles. The molecule has 0 radical (unpaired) electrons. The molecular formula is C11H5BrClNOS. The van der Waals surface area contributed by atoms with Crippen LogP contribution in [-0.2, 0) is 0 Å². The van der Waals surface area contributed by atoms with E-state index >= 15 is 0 Å². The number of hydrogen-bond acceptors (Lipinski definition) is 3. The Morgan fingerprint density at radius 3 is 2.94 bits per heavy atom. The average molecular weight is 315 g/mol. The Morgan fingerprint density at radius 1 is 1.31 bits per heavy atom. The lowest BCUT2D eigenvalue weighted by molar-refractivity contribution is 0.629. The topological polar surface area (TPSA) is 26.0 Å². The Hall–Kier alpha value is -0.840. The van der Waals surface area contributed by atoms with E-state index in [0.717, 1.165) is 26.9 Å². The fourth-order valence-corrected chi connectivity index (χ4v) is 2.64. The molecule has 2 nitrogen and oxygen atoms in total. The van der Waals surface area contributed by atoms with Crippen LogP contribution >= 0.6 is 38.9 Å². The Labute approximate surface area is 109 Å². The number of thiazole rings is 1. The van der Waals surface area contributed by atoms with Crippen LogP contribution in [0.3, 0.4) is 0 Å². The maximum absolute atomic E-state index is 5.79. The van der Waals surface area contributed by atoms with Crippen LogP contribution < -0.4 is 0 Å². The summed E-state index contributed by atoms with van der Waals surface area (Å²) in [4.78, 5) is 4.18. The summed E-state index contributed by atoms with van der Waals surface area (Å²) >= 11 is 10.6. The lowest BCUT2D eigenvalue weighted by Crippen LogP contribution is -1.69. The maximum atomic E-state index is 5.79. The van der Waals surface area contributed by atoms with Crippen molar-refractivity contribution in [3.63, 3.8) is 0 Å². The fraction of sp³-hybridized carbons (Fsp3) is 0. The first-order chi connectivity index (χ1) is 7.72. The zero-order valence-corrected chi connectivity index (χ0v) is 11.1. The molecule has 16 heavy (non-hydrogen) atoms. The van der Waals surface area contributed by atoms with Gasteiger partial charge in [-0.05, 0) is 24.3 Å². The molecule has 80 valence electrons. The van der Waals surface area contributed by atoms with Gasteiger partial charge in [0.05, 0.1) is 0 Å². The zero-order valence-electron chi connectivity index (χ0n) is 7.91. The normalized spacial score (nSPS) is 11.1. The van der Waals surface area contributed by atoms with E-state index in [1.165, 1.54) is 11.3 Å². The van der Waals surface area contributed by atoms with Gasteiger partial charge in [-0.2, -0.15) is 0 Å². The van der Waals surface area contributed by atoms with Gasteiger partial charge in [0.25, 0.3) is 0 Å². The summed E-state index contributed by atoms with van der Waals surface area (Å²) < 4.78 is 7.24. The number of hydrogen-bond donors (Lipinski definition) is 0. The van der Waals surface area contributed by atoms with Crippen molar-refractivity contribution in [3.8, 4) is 11.5 Å². The average Bonchev–Trinajstić information content (AvgIpc) is 2.83. The van der Waals surface area contributed by atoms with Crippen LogP contribution in [0.2, 0.25) is 4.47 Å². The molecule has 2 heterocycles. The van der Waals surface area contributed by atoms with Crippen molar-refractivity contribution in [1.82, 2.24) is 4.98 Å². The summed E-state index contributed by atoms with van der Waals surface area (Å²) in [6.45, 7) is 0. The summed E-state index contributed by atoms with van der Waals surface area (Å²) in [5.74, 6) is 0.747. The molecule has 0 atom stereocenters. The number of fused-ring (bicyclic) bond motifs is 1.